The minimum Gasteiger partial charge on any atom is -0.353 e. The number of hydrogen-bond acceptors (Lipinski definition) is 3. The fourth-order valence-corrected chi connectivity index (χ4v) is 4.11. The van der Waals surface area contributed by atoms with E-state index in [1.807, 2.05) is 49.5 Å². The van der Waals surface area contributed by atoms with Gasteiger partial charge in [0.05, 0.1) is 16.9 Å². The van der Waals surface area contributed by atoms with Crippen molar-refractivity contribution in [3.63, 3.8) is 0 Å². The van der Waals surface area contributed by atoms with Crippen molar-refractivity contribution >= 4 is 22.5 Å². The molecule has 2 N–H and O–H groups in total. The Hall–Kier alpha value is -2.21. The Morgan fingerprint density at radius 3 is 2.68 bits per heavy atom. The average molecular weight is 370 g/mol. The molecule has 5 rings (SSSR count). The van der Waals surface area contributed by atoms with Crippen LogP contribution in [0.25, 0.3) is 10.9 Å². The van der Waals surface area contributed by atoms with Crippen molar-refractivity contribution in [2.45, 2.75) is 12.3 Å². The summed E-state index contributed by atoms with van der Waals surface area (Å²) in [6.45, 7) is 0.489. The van der Waals surface area contributed by atoms with E-state index in [-0.39, 0.29) is 24.5 Å². The van der Waals surface area contributed by atoms with E-state index < -0.39 is 5.85 Å². The second kappa shape index (κ2) is 5.40. The quantitative estimate of drug-likeness (QED) is 0.639. The molecule has 25 heavy (non-hydrogen) atoms. The number of amides is 1. The summed E-state index contributed by atoms with van der Waals surface area (Å²) in [5, 5.41) is 12.7. The maximum absolute atomic E-state index is 13.0. The molecule has 2 aromatic carbocycles. The zero-order chi connectivity index (χ0) is 16.5. The van der Waals surface area contributed by atoms with Gasteiger partial charge in [-0.3, -0.25) is 9.69 Å². The Morgan fingerprint density at radius 2 is 1.84 bits per heavy atom. The van der Waals surface area contributed by atoms with Gasteiger partial charge < -0.3 is 15.0 Å². The number of hydrogen-bond donors (Lipinski definition) is 2. The molecule has 6 heteroatoms. The molecule has 5 nitrogen and oxygen atoms in total. The Balaban J connectivity index is 0.00000157. The summed E-state index contributed by atoms with van der Waals surface area (Å²) in [6, 6.07) is 15.5. The standard InChI is InChI=1S/C19H17N3O2.V/c1-21-16-9-5-3-7-14(16)18(23)22-11-10-13-12-6-2-4-8-15(12)20-17(13)19(21,22)24;/h2-9,20,24H,10-11H2,1H3;. The fourth-order valence-electron chi connectivity index (χ4n) is 4.11. The average Bonchev–Trinajstić information content (AvgIpc) is 3.00. The Labute approximate surface area is 157 Å². The molecule has 2 aliphatic rings. The van der Waals surface area contributed by atoms with Crippen LogP contribution in [0.5, 0.6) is 0 Å². The summed E-state index contributed by atoms with van der Waals surface area (Å²) in [7, 11) is 1.83. The third-order valence-electron chi connectivity index (χ3n) is 5.32. The number of carbonyl (C=O) groups is 1. The largest absolute Gasteiger partial charge is 0.353 e. The van der Waals surface area contributed by atoms with Crippen molar-refractivity contribution < 1.29 is 28.5 Å². The number of rotatable bonds is 0. The van der Waals surface area contributed by atoms with Gasteiger partial charge in [-0.1, -0.05) is 30.3 Å². The van der Waals surface area contributed by atoms with Crippen LogP contribution in [0.2, 0.25) is 0 Å². The molecule has 0 aliphatic carbocycles. The van der Waals surface area contributed by atoms with Crippen molar-refractivity contribution in [3.05, 3.63) is 65.4 Å². The molecule has 0 bridgehead atoms. The van der Waals surface area contributed by atoms with Crippen molar-refractivity contribution in [1.29, 1.82) is 0 Å². The third-order valence-corrected chi connectivity index (χ3v) is 5.32. The molecule has 2 aliphatic heterocycles. The summed E-state index contributed by atoms with van der Waals surface area (Å²) in [5.41, 5.74) is 4.14. The molecule has 1 radical (unpaired) electrons. The first-order valence-electron chi connectivity index (χ1n) is 8.09. The van der Waals surface area contributed by atoms with Crippen LogP contribution in [-0.4, -0.2) is 34.5 Å². The molecule has 1 unspecified atom stereocenters. The van der Waals surface area contributed by atoms with E-state index in [1.54, 1.807) is 9.80 Å². The molecule has 3 aromatic rings. The summed E-state index contributed by atoms with van der Waals surface area (Å²) >= 11 is 0. The fraction of sp³-hybridized carbons (Fsp3) is 0.211. The number of carbonyl (C=O) groups excluding carboxylic acids is 1. The second-order valence-electron chi connectivity index (χ2n) is 6.44. The Kier molecular flexibility index (Phi) is 3.51. The van der Waals surface area contributed by atoms with Crippen LogP contribution in [0.3, 0.4) is 0 Å². The molecule has 125 valence electrons. The van der Waals surface area contributed by atoms with Gasteiger partial charge in [0.25, 0.3) is 11.8 Å². The van der Waals surface area contributed by atoms with Crippen LogP contribution in [0.15, 0.2) is 48.5 Å². The van der Waals surface area contributed by atoms with E-state index in [2.05, 4.69) is 11.1 Å². The smallest absolute Gasteiger partial charge is 0.265 e. The molecule has 1 atom stereocenters. The zero-order valence-electron chi connectivity index (χ0n) is 13.7. The predicted molar refractivity (Wildman–Crippen MR) is 91.8 cm³/mol. The van der Waals surface area contributed by atoms with E-state index >= 15 is 0 Å². The number of para-hydroxylation sites is 2. The summed E-state index contributed by atoms with van der Waals surface area (Å²) in [5.74, 6) is -1.62. The van der Waals surface area contributed by atoms with Gasteiger partial charge in [-0.15, -0.1) is 0 Å². The van der Waals surface area contributed by atoms with Crippen LogP contribution < -0.4 is 4.90 Å². The van der Waals surface area contributed by atoms with Crippen LogP contribution in [0.4, 0.5) is 5.69 Å². The van der Waals surface area contributed by atoms with Crippen molar-refractivity contribution in [1.82, 2.24) is 9.88 Å². The molecule has 0 saturated carbocycles. The van der Waals surface area contributed by atoms with Crippen molar-refractivity contribution in [2.24, 2.45) is 0 Å². The summed E-state index contributed by atoms with van der Waals surface area (Å²) in [4.78, 5) is 19.7. The second-order valence-corrected chi connectivity index (χ2v) is 6.44. The minimum absolute atomic E-state index is 0. The molecule has 1 aromatic heterocycles. The molecule has 0 saturated heterocycles. The molecule has 1 amide bonds. The predicted octanol–water partition coefficient (Wildman–Crippen LogP) is 2.42. The number of aromatic amines is 1. The molecular weight excluding hydrogens is 353 g/mol. The normalized spacial score (nSPS) is 21.4. The first-order valence-corrected chi connectivity index (χ1v) is 8.09. The molecule has 3 heterocycles. The summed E-state index contributed by atoms with van der Waals surface area (Å²) in [6.07, 6.45) is 0.726. The third kappa shape index (κ3) is 1.91. The van der Waals surface area contributed by atoms with E-state index in [4.69, 9.17) is 0 Å². The van der Waals surface area contributed by atoms with Gasteiger partial charge in [-0.05, 0) is 30.2 Å². The van der Waals surface area contributed by atoms with Gasteiger partial charge in [-0.25, -0.2) is 0 Å². The topological polar surface area (TPSA) is 59.6 Å². The number of aromatic nitrogens is 1. The number of aliphatic hydroxyl groups is 1. The number of nitrogens with zero attached hydrogens (tertiary/aromatic N) is 2. The Morgan fingerprint density at radius 1 is 1.12 bits per heavy atom. The molecule has 0 fully saturated rings. The van der Waals surface area contributed by atoms with Crippen LogP contribution in [-0.2, 0) is 30.8 Å². The van der Waals surface area contributed by atoms with Crippen molar-refractivity contribution in [3.8, 4) is 0 Å². The van der Waals surface area contributed by atoms with Gasteiger partial charge >= 0.3 is 0 Å². The number of fused-ring (bicyclic) bond motifs is 6. The van der Waals surface area contributed by atoms with Crippen LogP contribution >= 0.6 is 0 Å². The van der Waals surface area contributed by atoms with Crippen molar-refractivity contribution in [2.75, 3.05) is 18.5 Å². The first kappa shape index (κ1) is 16.3. The first-order chi connectivity index (χ1) is 11.6. The number of anilines is 1. The minimum atomic E-state index is -1.49. The Bertz CT molecular complexity index is 999. The number of H-pyrrole nitrogens is 1. The van der Waals surface area contributed by atoms with E-state index in [0.717, 1.165) is 28.6 Å². The van der Waals surface area contributed by atoms with Crippen LogP contribution in [0, 0.1) is 0 Å². The molecule has 0 spiro atoms. The van der Waals surface area contributed by atoms with Gasteiger partial charge in [0.15, 0.2) is 0 Å². The van der Waals surface area contributed by atoms with Gasteiger partial charge in [-0.2, -0.15) is 0 Å². The summed E-state index contributed by atoms with van der Waals surface area (Å²) < 4.78 is 0. The number of nitrogens with one attached hydrogen (secondary N) is 1. The maximum atomic E-state index is 13.0. The van der Waals surface area contributed by atoms with Crippen LogP contribution in [0.1, 0.15) is 21.6 Å². The van der Waals surface area contributed by atoms with Gasteiger partial charge in [0.1, 0.15) is 0 Å². The van der Waals surface area contributed by atoms with Gasteiger partial charge in [0, 0.05) is 43.1 Å². The SMILES string of the molecule is CN1c2ccccc2C(=O)N2CCc3c([nH]c4ccccc34)C21O.[V]. The zero-order valence-corrected chi connectivity index (χ0v) is 15.1. The van der Waals surface area contributed by atoms with Gasteiger partial charge in [0.2, 0.25) is 0 Å². The number of benzene rings is 2. The monoisotopic (exact) mass is 370 g/mol. The van der Waals surface area contributed by atoms with E-state index in [9.17, 15) is 9.90 Å². The molecular formula is C19H17N3O2V. The van der Waals surface area contributed by atoms with E-state index in [1.165, 1.54) is 0 Å². The maximum Gasteiger partial charge on any atom is 0.265 e. The van der Waals surface area contributed by atoms with E-state index in [0.29, 0.717) is 17.8 Å².